The normalized spacial score (nSPS) is 9.67. The van der Waals surface area contributed by atoms with Crippen LogP contribution in [0.15, 0.2) is 12.2 Å². The molecule has 0 unspecified atom stereocenters. The first-order valence-electron chi connectivity index (χ1n) is 4.22. The zero-order valence-corrected chi connectivity index (χ0v) is 7.83. The predicted molar refractivity (Wildman–Crippen MR) is 61.6 cm³/mol. The lowest BCUT2D eigenvalue weighted by molar-refractivity contribution is 0.394. The molecule has 0 aliphatic heterocycles. The van der Waals surface area contributed by atoms with Crippen molar-refractivity contribution >= 4 is 0 Å². The van der Waals surface area contributed by atoms with E-state index in [1.807, 2.05) is 0 Å². The molecule has 0 radical (unpaired) electrons. The SMILES string of the molecule is C.C.C=C(CC)C(C)(C)CCC. The maximum atomic E-state index is 4.06. The van der Waals surface area contributed by atoms with Gasteiger partial charge in [-0.15, -0.1) is 0 Å². The van der Waals surface area contributed by atoms with Crippen LogP contribution in [0, 0.1) is 5.41 Å². The third kappa shape index (κ3) is 5.40. The molecule has 0 N–H and O–H groups in total. The first kappa shape index (κ1) is 17.7. The Morgan fingerprint density at radius 3 is 1.83 bits per heavy atom. The van der Waals surface area contributed by atoms with Gasteiger partial charge in [-0.05, 0) is 18.3 Å². The van der Waals surface area contributed by atoms with Crippen molar-refractivity contribution in [1.29, 1.82) is 0 Å². The molecule has 0 amide bonds. The monoisotopic (exact) mass is 172 g/mol. The third-order valence-electron chi connectivity index (χ3n) is 2.26. The zero-order valence-electron chi connectivity index (χ0n) is 7.83. The molecular formula is C12H28. The Morgan fingerprint density at radius 1 is 1.17 bits per heavy atom. The van der Waals surface area contributed by atoms with E-state index in [0.717, 1.165) is 6.42 Å². The first-order chi connectivity index (χ1) is 4.54. The molecule has 0 saturated heterocycles. The average Bonchev–Trinajstić information content (AvgIpc) is 1.86. The highest BCUT2D eigenvalue weighted by molar-refractivity contribution is 5.05. The Kier molecular flexibility index (Phi) is 10.9. The molecule has 0 fully saturated rings. The van der Waals surface area contributed by atoms with Crippen LogP contribution in [0.4, 0.5) is 0 Å². The Balaban J connectivity index is -0.000000405. The number of hydrogen-bond donors (Lipinski definition) is 0. The standard InChI is InChI=1S/C10H20.2CH4/c1-6-8-10(4,5)9(3)7-2;;/h3,6-8H2,1-2,4-5H3;2*1H4. The lowest BCUT2D eigenvalue weighted by Crippen LogP contribution is -2.12. The summed E-state index contributed by atoms with van der Waals surface area (Å²) in [5.74, 6) is 0. The summed E-state index contributed by atoms with van der Waals surface area (Å²) in [5.41, 5.74) is 1.75. The van der Waals surface area contributed by atoms with Gasteiger partial charge in [0.1, 0.15) is 0 Å². The lowest BCUT2D eigenvalue weighted by atomic mass is 9.80. The highest BCUT2D eigenvalue weighted by Gasteiger charge is 2.18. The molecule has 0 rings (SSSR count). The van der Waals surface area contributed by atoms with E-state index in [4.69, 9.17) is 0 Å². The van der Waals surface area contributed by atoms with Crippen LogP contribution >= 0.6 is 0 Å². The van der Waals surface area contributed by atoms with Gasteiger partial charge in [0.05, 0.1) is 0 Å². The third-order valence-corrected chi connectivity index (χ3v) is 2.26. The van der Waals surface area contributed by atoms with Crippen LogP contribution in [0.1, 0.15) is 61.8 Å². The first-order valence-corrected chi connectivity index (χ1v) is 4.22. The van der Waals surface area contributed by atoms with E-state index >= 15 is 0 Å². The van der Waals surface area contributed by atoms with Crippen LogP contribution < -0.4 is 0 Å². The molecule has 0 aromatic heterocycles. The Hall–Kier alpha value is -0.260. The maximum Gasteiger partial charge on any atom is -0.0148 e. The van der Waals surface area contributed by atoms with Crippen molar-refractivity contribution in [1.82, 2.24) is 0 Å². The Morgan fingerprint density at radius 2 is 1.58 bits per heavy atom. The van der Waals surface area contributed by atoms with Crippen molar-refractivity contribution in [2.75, 3.05) is 0 Å². The van der Waals surface area contributed by atoms with Gasteiger partial charge in [0, 0.05) is 0 Å². The lowest BCUT2D eigenvalue weighted by Gasteiger charge is -2.25. The van der Waals surface area contributed by atoms with E-state index in [0.29, 0.717) is 5.41 Å². The summed E-state index contributed by atoms with van der Waals surface area (Å²) in [5, 5.41) is 0. The van der Waals surface area contributed by atoms with Gasteiger partial charge >= 0.3 is 0 Å². The van der Waals surface area contributed by atoms with Crippen molar-refractivity contribution < 1.29 is 0 Å². The highest BCUT2D eigenvalue weighted by atomic mass is 14.2. The van der Waals surface area contributed by atoms with Gasteiger partial charge in [-0.1, -0.05) is 61.1 Å². The van der Waals surface area contributed by atoms with Crippen LogP contribution in [0.25, 0.3) is 0 Å². The number of hydrogen-bond acceptors (Lipinski definition) is 0. The molecule has 0 aromatic rings. The van der Waals surface area contributed by atoms with Gasteiger partial charge < -0.3 is 0 Å². The summed E-state index contributed by atoms with van der Waals surface area (Å²) in [6.45, 7) is 13.0. The van der Waals surface area contributed by atoms with Crippen molar-refractivity contribution in [2.45, 2.75) is 61.8 Å². The quantitative estimate of drug-likeness (QED) is 0.520. The van der Waals surface area contributed by atoms with Crippen molar-refractivity contribution in [3.8, 4) is 0 Å². The van der Waals surface area contributed by atoms with Gasteiger partial charge in [0.25, 0.3) is 0 Å². The highest BCUT2D eigenvalue weighted by Crippen LogP contribution is 2.31. The van der Waals surface area contributed by atoms with Gasteiger partial charge in [-0.25, -0.2) is 0 Å². The second-order valence-electron chi connectivity index (χ2n) is 3.59. The molecule has 0 aliphatic carbocycles. The largest absolute Gasteiger partial charge is 0.0993 e. The maximum absolute atomic E-state index is 4.06. The second kappa shape index (κ2) is 7.39. The molecule has 0 saturated carbocycles. The van der Waals surface area contributed by atoms with E-state index in [1.165, 1.54) is 18.4 Å². The molecule has 0 aromatic carbocycles. The summed E-state index contributed by atoms with van der Waals surface area (Å²) < 4.78 is 0. The summed E-state index contributed by atoms with van der Waals surface area (Å²) in [7, 11) is 0. The van der Waals surface area contributed by atoms with Crippen molar-refractivity contribution in [3.63, 3.8) is 0 Å². The molecule has 0 aliphatic rings. The van der Waals surface area contributed by atoms with E-state index in [-0.39, 0.29) is 14.9 Å². The molecule has 0 atom stereocenters. The molecule has 0 heterocycles. The van der Waals surface area contributed by atoms with Gasteiger partial charge in [0.2, 0.25) is 0 Å². The molecular weight excluding hydrogens is 144 g/mol. The minimum atomic E-state index is 0. The minimum Gasteiger partial charge on any atom is -0.0993 e. The van der Waals surface area contributed by atoms with Gasteiger partial charge in [-0.2, -0.15) is 0 Å². The number of allylic oxidation sites excluding steroid dienone is 1. The summed E-state index contributed by atoms with van der Waals surface area (Å²) >= 11 is 0. The van der Waals surface area contributed by atoms with Crippen molar-refractivity contribution in [3.05, 3.63) is 12.2 Å². The molecule has 0 nitrogen and oxygen atoms in total. The molecule has 12 heavy (non-hydrogen) atoms. The second-order valence-corrected chi connectivity index (χ2v) is 3.59. The number of rotatable bonds is 4. The average molecular weight is 172 g/mol. The summed E-state index contributed by atoms with van der Waals surface area (Å²) in [6, 6.07) is 0. The van der Waals surface area contributed by atoms with E-state index in [1.54, 1.807) is 0 Å². The summed E-state index contributed by atoms with van der Waals surface area (Å²) in [6.07, 6.45) is 3.64. The molecule has 0 bridgehead atoms. The molecule has 0 heteroatoms. The van der Waals surface area contributed by atoms with Crippen LogP contribution in [0.5, 0.6) is 0 Å². The zero-order chi connectivity index (χ0) is 8.20. The van der Waals surface area contributed by atoms with Crippen LogP contribution in [-0.2, 0) is 0 Å². The topological polar surface area (TPSA) is 0 Å². The Labute approximate surface area is 80.1 Å². The molecule has 0 spiro atoms. The van der Waals surface area contributed by atoms with E-state index in [2.05, 4.69) is 34.3 Å². The van der Waals surface area contributed by atoms with E-state index < -0.39 is 0 Å². The predicted octanol–water partition coefficient (Wildman–Crippen LogP) is 5.05. The fraction of sp³-hybridized carbons (Fsp3) is 0.833. The van der Waals surface area contributed by atoms with Crippen LogP contribution in [0.3, 0.4) is 0 Å². The van der Waals surface area contributed by atoms with Crippen molar-refractivity contribution in [2.24, 2.45) is 5.41 Å². The fourth-order valence-electron chi connectivity index (χ4n) is 1.28. The van der Waals surface area contributed by atoms with Gasteiger partial charge in [0.15, 0.2) is 0 Å². The van der Waals surface area contributed by atoms with Gasteiger partial charge in [-0.3, -0.25) is 0 Å². The van der Waals surface area contributed by atoms with E-state index in [9.17, 15) is 0 Å². The summed E-state index contributed by atoms with van der Waals surface area (Å²) in [4.78, 5) is 0. The fourth-order valence-corrected chi connectivity index (χ4v) is 1.28. The smallest absolute Gasteiger partial charge is 0.0148 e. The van der Waals surface area contributed by atoms with Crippen LogP contribution in [0.2, 0.25) is 0 Å². The minimum absolute atomic E-state index is 0. The molecule has 76 valence electrons. The van der Waals surface area contributed by atoms with Crippen LogP contribution in [-0.4, -0.2) is 0 Å². The Bertz CT molecular complexity index is 109.